The lowest BCUT2D eigenvalue weighted by molar-refractivity contribution is 0.415. The molecular weight excluding hydrogens is 466 g/mol. The molecule has 0 aliphatic carbocycles. The maximum atomic E-state index is 6.27. The monoisotopic (exact) mass is 480 g/mol. The number of aromatic nitrogens is 2. The van der Waals surface area contributed by atoms with E-state index in [2.05, 4.69) is 57.4 Å². The Hall–Kier alpha value is -0.400. The summed E-state index contributed by atoms with van der Waals surface area (Å²) in [5, 5.41) is 0.492. The molecule has 0 fully saturated rings. The van der Waals surface area contributed by atoms with Crippen LogP contribution in [0.1, 0.15) is 19.5 Å². The van der Waals surface area contributed by atoms with Gasteiger partial charge in [0.15, 0.2) is 5.82 Å². The molecule has 0 atom stereocenters. The summed E-state index contributed by atoms with van der Waals surface area (Å²) in [6, 6.07) is 5.71. The first-order chi connectivity index (χ1) is 9.92. The van der Waals surface area contributed by atoms with E-state index in [1.165, 1.54) is 0 Å². The number of nitrogens with zero attached hydrogens (tertiary/aromatic N) is 2. The molecule has 0 saturated heterocycles. The van der Waals surface area contributed by atoms with E-state index in [4.69, 9.17) is 21.3 Å². The first-order valence-corrected chi connectivity index (χ1v) is 8.73. The molecule has 1 heterocycles. The fourth-order valence-electron chi connectivity index (χ4n) is 1.91. The van der Waals surface area contributed by atoms with E-state index in [0.29, 0.717) is 16.9 Å². The van der Waals surface area contributed by atoms with Gasteiger partial charge >= 0.3 is 0 Å². The molecule has 21 heavy (non-hydrogen) atoms. The van der Waals surface area contributed by atoms with E-state index in [0.717, 1.165) is 31.5 Å². The van der Waals surface area contributed by atoms with Crippen LogP contribution >= 0.6 is 50.1 Å². The second kappa shape index (κ2) is 7.24. The average molecular weight is 482 g/mol. The summed E-state index contributed by atoms with van der Waals surface area (Å²) in [4.78, 5) is 9.10. The van der Waals surface area contributed by atoms with Crippen molar-refractivity contribution in [3.8, 4) is 17.1 Å². The SMILES string of the molecule is COc1ccc(Br)c(-c2nc(Cl)c(I)c(CC(C)C)n2)c1. The van der Waals surface area contributed by atoms with Gasteiger partial charge in [-0.2, -0.15) is 0 Å². The number of hydrogen-bond acceptors (Lipinski definition) is 3. The molecule has 2 rings (SSSR count). The lowest BCUT2D eigenvalue weighted by Gasteiger charge is -2.12. The van der Waals surface area contributed by atoms with Crippen LogP contribution < -0.4 is 4.74 Å². The normalized spacial score (nSPS) is 11.0. The van der Waals surface area contributed by atoms with E-state index >= 15 is 0 Å². The van der Waals surface area contributed by atoms with E-state index < -0.39 is 0 Å². The largest absolute Gasteiger partial charge is 0.497 e. The minimum Gasteiger partial charge on any atom is -0.497 e. The molecular formula is C15H15BrClIN2O. The van der Waals surface area contributed by atoms with Crippen molar-refractivity contribution >= 4 is 50.1 Å². The smallest absolute Gasteiger partial charge is 0.162 e. The topological polar surface area (TPSA) is 35.0 Å². The van der Waals surface area contributed by atoms with Crippen LogP contribution in [0.2, 0.25) is 5.15 Å². The Morgan fingerprint density at radius 2 is 2.05 bits per heavy atom. The summed E-state index contributed by atoms with van der Waals surface area (Å²) >= 11 is 12.0. The van der Waals surface area contributed by atoms with E-state index in [1.54, 1.807) is 7.11 Å². The molecule has 0 spiro atoms. The number of hydrogen-bond donors (Lipinski definition) is 0. The number of ether oxygens (including phenoxy) is 1. The molecule has 3 nitrogen and oxygen atoms in total. The molecule has 0 radical (unpaired) electrons. The van der Waals surface area contributed by atoms with Gasteiger partial charge in [-0.3, -0.25) is 0 Å². The van der Waals surface area contributed by atoms with Crippen LogP contribution in [-0.4, -0.2) is 17.1 Å². The Labute approximate surface area is 151 Å². The van der Waals surface area contributed by atoms with Gasteiger partial charge in [-0.05, 0) is 53.1 Å². The highest BCUT2D eigenvalue weighted by molar-refractivity contribution is 14.1. The summed E-state index contributed by atoms with van der Waals surface area (Å²) < 4.78 is 7.10. The fourth-order valence-corrected chi connectivity index (χ4v) is 2.98. The molecule has 6 heteroatoms. The molecule has 112 valence electrons. The van der Waals surface area contributed by atoms with Crippen LogP contribution in [0.5, 0.6) is 5.75 Å². The van der Waals surface area contributed by atoms with Gasteiger partial charge in [0.25, 0.3) is 0 Å². The highest BCUT2D eigenvalue weighted by atomic mass is 127. The predicted molar refractivity (Wildman–Crippen MR) is 98.0 cm³/mol. The fraction of sp³-hybridized carbons (Fsp3) is 0.333. The molecule has 0 aliphatic heterocycles. The molecule has 2 aromatic rings. The summed E-state index contributed by atoms with van der Waals surface area (Å²) in [6.45, 7) is 4.32. The standard InChI is InChI=1S/C15H15BrClIN2O/c1-8(2)6-12-13(18)14(17)20-15(19-12)10-7-9(21-3)4-5-11(10)16/h4-5,7-8H,6H2,1-3H3. The molecule has 0 bridgehead atoms. The molecule has 1 aromatic heterocycles. The molecule has 0 saturated carbocycles. The molecule has 0 aliphatic rings. The highest BCUT2D eigenvalue weighted by Gasteiger charge is 2.15. The molecule has 0 amide bonds. The van der Waals surface area contributed by atoms with Crippen molar-refractivity contribution in [2.45, 2.75) is 20.3 Å². The van der Waals surface area contributed by atoms with E-state index in [1.807, 2.05) is 18.2 Å². The van der Waals surface area contributed by atoms with Gasteiger partial charge in [0.1, 0.15) is 10.9 Å². The summed E-state index contributed by atoms with van der Waals surface area (Å²) in [6.07, 6.45) is 0.870. The quantitative estimate of drug-likeness (QED) is 0.435. The number of rotatable bonds is 4. The summed E-state index contributed by atoms with van der Waals surface area (Å²) in [5.41, 5.74) is 1.85. The maximum Gasteiger partial charge on any atom is 0.162 e. The van der Waals surface area contributed by atoms with Crippen molar-refractivity contribution in [1.82, 2.24) is 9.97 Å². The average Bonchev–Trinajstić information content (AvgIpc) is 2.43. The second-order valence-corrected chi connectivity index (χ2v) is 7.33. The first kappa shape index (κ1) is 17.0. The van der Waals surface area contributed by atoms with Gasteiger partial charge in [-0.1, -0.05) is 41.4 Å². The zero-order valence-electron chi connectivity index (χ0n) is 12.0. The van der Waals surface area contributed by atoms with Crippen molar-refractivity contribution in [3.63, 3.8) is 0 Å². The van der Waals surface area contributed by atoms with E-state index in [9.17, 15) is 0 Å². The van der Waals surface area contributed by atoms with Crippen molar-refractivity contribution in [1.29, 1.82) is 0 Å². The van der Waals surface area contributed by atoms with E-state index in [-0.39, 0.29) is 0 Å². The van der Waals surface area contributed by atoms with Crippen molar-refractivity contribution in [3.05, 3.63) is 37.1 Å². The van der Waals surface area contributed by atoms with Crippen LogP contribution in [0.3, 0.4) is 0 Å². The third-order valence-electron chi connectivity index (χ3n) is 2.90. The van der Waals surface area contributed by atoms with Crippen molar-refractivity contribution in [2.75, 3.05) is 7.11 Å². The van der Waals surface area contributed by atoms with Crippen LogP contribution in [0.4, 0.5) is 0 Å². The minimum atomic E-state index is 0.492. The summed E-state index contributed by atoms with van der Waals surface area (Å²) in [7, 11) is 1.64. The molecule has 1 aromatic carbocycles. The van der Waals surface area contributed by atoms with Crippen molar-refractivity contribution in [2.24, 2.45) is 5.92 Å². The zero-order chi connectivity index (χ0) is 15.6. The number of benzene rings is 1. The third kappa shape index (κ3) is 4.07. The Balaban J connectivity index is 2.56. The van der Waals surface area contributed by atoms with Gasteiger partial charge in [0.05, 0.1) is 16.4 Å². The number of halogens is 3. The summed E-state index contributed by atoms with van der Waals surface area (Å²) in [5.74, 6) is 1.88. The highest BCUT2D eigenvalue weighted by Crippen LogP contribution is 2.32. The van der Waals surface area contributed by atoms with Gasteiger partial charge in [-0.15, -0.1) is 0 Å². The number of methoxy groups -OCH3 is 1. The minimum absolute atomic E-state index is 0.492. The van der Waals surface area contributed by atoms with Crippen LogP contribution in [0, 0.1) is 9.49 Å². The van der Waals surface area contributed by atoms with Crippen LogP contribution in [0.25, 0.3) is 11.4 Å². The Morgan fingerprint density at radius 3 is 2.67 bits per heavy atom. The zero-order valence-corrected chi connectivity index (χ0v) is 16.5. The van der Waals surface area contributed by atoms with Gasteiger partial charge < -0.3 is 4.74 Å². The third-order valence-corrected chi connectivity index (χ3v) is 5.31. The molecule has 0 N–H and O–H groups in total. The Kier molecular flexibility index (Phi) is 5.85. The maximum absolute atomic E-state index is 6.27. The van der Waals surface area contributed by atoms with Gasteiger partial charge in [0.2, 0.25) is 0 Å². The first-order valence-electron chi connectivity index (χ1n) is 6.48. The van der Waals surface area contributed by atoms with Gasteiger partial charge in [0, 0.05) is 10.0 Å². The molecule has 0 unspecified atom stereocenters. The second-order valence-electron chi connectivity index (χ2n) is 5.04. The lowest BCUT2D eigenvalue weighted by Crippen LogP contribution is -2.04. The van der Waals surface area contributed by atoms with Crippen LogP contribution in [0.15, 0.2) is 22.7 Å². The van der Waals surface area contributed by atoms with Crippen molar-refractivity contribution < 1.29 is 4.74 Å². The Morgan fingerprint density at radius 1 is 1.33 bits per heavy atom. The Bertz CT molecular complexity index is 664. The van der Waals surface area contributed by atoms with Crippen LogP contribution in [-0.2, 0) is 6.42 Å². The predicted octanol–water partition coefficient (Wildman–Crippen LogP) is 5.37. The van der Waals surface area contributed by atoms with Gasteiger partial charge in [-0.25, -0.2) is 9.97 Å². The lowest BCUT2D eigenvalue weighted by atomic mass is 10.1.